The Morgan fingerprint density at radius 1 is 1.62 bits per heavy atom. The van der Waals surface area contributed by atoms with Crippen LogP contribution in [0.5, 0.6) is 5.88 Å². The third-order valence-corrected chi connectivity index (χ3v) is 1.81. The molecule has 1 aromatic rings. The Bertz CT molecular complexity index is 366. The largest absolute Gasteiger partial charge is 0.473 e. The fourth-order valence-electron chi connectivity index (χ4n) is 0.973. The molecule has 4 heteroatoms. The van der Waals surface area contributed by atoms with E-state index in [1.54, 1.807) is 6.07 Å². The Kier molecular flexibility index (Phi) is 1.78. The highest BCUT2D eigenvalue weighted by Gasteiger charge is 2.24. The van der Waals surface area contributed by atoms with Crippen molar-refractivity contribution in [2.24, 2.45) is 0 Å². The number of aromatic nitrogens is 1. The summed E-state index contributed by atoms with van der Waals surface area (Å²) in [7, 11) is 0. The molecule has 0 saturated heterocycles. The highest BCUT2D eigenvalue weighted by atomic mass is 16.5. The lowest BCUT2D eigenvalue weighted by molar-refractivity contribution is 0.293. The zero-order valence-corrected chi connectivity index (χ0v) is 7.03. The first-order valence-corrected chi connectivity index (χ1v) is 4.12. The maximum absolute atomic E-state index is 8.56. The van der Waals surface area contributed by atoms with Gasteiger partial charge in [-0.25, -0.2) is 4.98 Å². The SMILES string of the molecule is N#Cc1cnc(OC2CC2)c(N)c1. The van der Waals surface area contributed by atoms with Crippen LogP contribution in [0.3, 0.4) is 0 Å². The average molecular weight is 175 g/mol. The second kappa shape index (κ2) is 2.94. The first kappa shape index (κ1) is 7.87. The predicted octanol–water partition coefficient (Wildman–Crippen LogP) is 1.08. The fraction of sp³-hybridized carbons (Fsp3) is 0.333. The lowest BCUT2D eigenvalue weighted by Crippen LogP contribution is -2.02. The van der Waals surface area contributed by atoms with E-state index < -0.39 is 0 Å². The van der Waals surface area contributed by atoms with Gasteiger partial charge in [-0.05, 0) is 18.9 Å². The van der Waals surface area contributed by atoms with Gasteiger partial charge in [-0.15, -0.1) is 0 Å². The van der Waals surface area contributed by atoms with E-state index in [1.807, 2.05) is 6.07 Å². The molecule has 1 aliphatic carbocycles. The number of pyridine rings is 1. The minimum absolute atomic E-state index is 0.280. The molecule has 4 nitrogen and oxygen atoms in total. The number of nitrogens with two attached hydrogens (primary N) is 1. The Labute approximate surface area is 76.0 Å². The van der Waals surface area contributed by atoms with Crippen molar-refractivity contribution in [1.82, 2.24) is 4.98 Å². The molecule has 13 heavy (non-hydrogen) atoms. The van der Waals surface area contributed by atoms with Gasteiger partial charge in [-0.2, -0.15) is 5.26 Å². The van der Waals surface area contributed by atoms with E-state index in [1.165, 1.54) is 6.20 Å². The van der Waals surface area contributed by atoms with Crippen molar-refractivity contribution in [1.29, 1.82) is 5.26 Å². The van der Waals surface area contributed by atoms with Crippen molar-refractivity contribution in [2.75, 3.05) is 5.73 Å². The standard InChI is InChI=1S/C9H9N3O/c10-4-6-3-8(11)9(12-5-6)13-7-1-2-7/h3,5,7H,1-2,11H2. The van der Waals surface area contributed by atoms with Crippen molar-refractivity contribution in [3.63, 3.8) is 0 Å². The number of nitrogen functional groups attached to an aromatic ring is 1. The molecule has 1 fully saturated rings. The van der Waals surface area contributed by atoms with E-state index in [0.717, 1.165) is 12.8 Å². The van der Waals surface area contributed by atoms with E-state index in [-0.39, 0.29) is 6.10 Å². The minimum atomic E-state index is 0.280. The van der Waals surface area contributed by atoms with Crippen LogP contribution < -0.4 is 10.5 Å². The lowest BCUT2D eigenvalue weighted by Gasteiger charge is -2.05. The van der Waals surface area contributed by atoms with Crippen molar-refractivity contribution in [3.8, 4) is 11.9 Å². The third-order valence-electron chi connectivity index (χ3n) is 1.81. The number of rotatable bonds is 2. The molecule has 1 heterocycles. The van der Waals surface area contributed by atoms with Gasteiger partial charge < -0.3 is 10.5 Å². The Balaban J connectivity index is 2.21. The molecule has 1 aromatic heterocycles. The number of hydrogen-bond donors (Lipinski definition) is 1. The van der Waals surface area contributed by atoms with Crippen LogP contribution >= 0.6 is 0 Å². The third kappa shape index (κ3) is 1.70. The van der Waals surface area contributed by atoms with Crippen LogP contribution in [0.1, 0.15) is 18.4 Å². The Hall–Kier alpha value is -1.76. The maximum atomic E-state index is 8.56. The summed E-state index contributed by atoms with van der Waals surface area (Å²) in [6, 6.07) is 3.54. The molecule has 0 unspecified atom stereocenters. The predicted molar refractivity (Wildman–Crippen MR) is 47.0 cm³/mol. The molecule has 0 atom stereocenters. The van der Waals surface area contributed by atoms with Crippen LogP contribution in [0.25, 0.3) is 0 Å². The summed E-state index contributed by atoms with van der Waals surface area (Å²) in [5.74, 6) is 0.446. The molecular formula is C9H9N3O. The summed E-state index contributed by atoms with van der Waals surface area (Å²) in [6.07, 6.45) is 3.89. The van der Waals surface area contributed by atoms with Gasteiger partial charge in [-0.3, -0.25) is 0 Å². The molecule has 66 valence electrons. The van der Waals surface area contributed by atoms with Crippen LogP contribution in [0.2, 0.25) is 0 Å². The minimum Gasteiger partial charge on any atom is -0.473 e. The molecule has 2 rings (SSSR count). The molecule has 0 radical (unpaired) electrons. The van der Waals surface area contributed by atoms with Gasteiger partial charge in [-0.1, -0.05) is 0 Å². The highest BCUT2D eigenvalue weighted by molar-refractivity contribution is 5.52. The van der Waals surface area contributed by atoms with E-state index in [9.17, 15) is 0 Å². The van der Waals surface area contributed by atoms with Gasteiger partial charge in [0.15, 0.2) is 0 Å². The quantitative estimate of drug-likeness (QED) is 0.729. The van der Waals surface area contributed by atoms with Gasteiger partial charge >= 0.3 is 0 Å². The number of nitriles is 1. The highest BCUT2D eigenvalue weighted by Crippen LogP contribution is 2.28. The summed E-state index contributed by atoms with van der Waals surface area (Å²) in [4.78, 5) is 3.96. The van der Waals surface area contributed by atoms with Crippen molar-refractivity contribution >= 4 is 5.69 Å². The molecule has 0 amide bonds. The summed E-state index contributed by atoms with van der Waals surface area (Å²) >= 11 is 0. The van der Waals surface area contributed by atoms with Crippen LogP contribution in [0.15, 0.2) is 12.3 Å². The molecule has 0 spiro atoms. The van der Waals surface area contributed by atoms with Gasteiger partial charge in [0.25, 0.3) is 0 Å². The number of nitrogens with zero attached hydrogens (tertiary/aromatic N) is 2. The van der Waals surface area contributed by atoms with Crippen LogP contribution in [-0.2, 0) is 0 Å². The normalized spacial score (nSPS) is 15.0. The topological polar surface area (TPSA) is 71.9 Å². The number of ether oxygens (including phenoxy) is 1. The van der Waals surface area contributed by atoms with Crippen molar-refractivity contribution < 1.29 is 4.74 Å². The molecule has 0 aliphatic heterocycles. The van der Waals surface area contributed by atoms with E-state index >= 15 is 0 Å². The van der Waals surface area contributed by atoms with Crippen LogP contribution in [-0.4, -0.2) is 11.1 Å². The number of hydrogen-bond acceptors (Lipinski definition) is 4. The summed E-state index contributed by atoms with van der Waals surface area (Å²) in [5, 5.41) is 8.56. The molecule has 1 saturated carbocycles. The number of anilines is 1. The van der Waals surface area contributed by atoms with Gasteiger partial charge in [0.05, 0.1) is 11.3 Å². The monoisotopic (exact) mass is 175 g/mol. The zero-order chi connectivity index (χ0) is 9.26. The summed E-state index contributed by atoms with van der Waals surface area (Å²) < 4.78 is 5.41. The van der Waals surface area contributed by atoms with E-state index in [2.05, 4.69) is 4.98 Å². The van der Waals surface area contributed by atoms with Crippen LogP contribution in [0, 0.1) is 11.3 Å². The lowest BCUT2D eigenvalue weighted by atomic mass is 10.3. The summed E-state index contributed by atoms with van der Waals surface area (Å²) in [6.45, 7) is 0. The first-order chi connectivity index (χ1) is 6.29. The average Bonchev–Trinajstić information content (AvgIpc) is 2.92. The van der Waals surface area contributed by atoms with Crippen molar-refractivity contribution in [3.05, 3.63) is 17.8 Å². The Morgan fingerprint density at radius 3 is 2.92 bits per heavy atom. The van der Waals surface area contributed by atoms with Gasteiger partial charge in [0.2, 0.25) is 5.88 Å². The molecule has 0 aromatic carbocycles. The molecule has 0 bridgehead atoms. The first-order valence-electron chi connectivity index (χ1n) is 4.12. The second-order valence-electron chi connectivity index (χ2n) is 3.05. The molecule has 2 N–H and O–H groups in total. The van der Waals surface area contributed by atoms with Gasteiger partial charge in [0, 0.05) is 6.20 Å². The Morgan fingerprint density at radius 2 is 2.38 bits per heavy atom. The maximum Gasteiger partial charge on any atom is 0.237 e. The van der Waals surface area contributed by atoms with E-state index in [0.29, 0.717) is 17.1 Å². The van der Waals surface area contributed by atoms with E-state index in [4.69, 9.17) is 15.7 Å². The molecule has 1 aliphatic rings. The van der Waals surface area contributed by atoms with Crippen LogP contribution in [0.4, 0.5) is 5.69 Å². The van der Waals surface area contributed by atoms with Crippen molar-refractivity contribution in [2.45, 2.75) is 18.9 Å². The second-order valence-corrected chi connectivity index (χ2v) is 3.05. The van der Waals surface area contributed by atoms with Gasteiger partial charge in [0.1, 0.15) is 12.2 Å². The molecular weight excluding hydrogens is 166 g/mol. The summed E-state index contributed by atoms with van der Waals surface area (Å²) in [5.41, 5.74) is 6.53. The smallest absolute Gasteiger partial charge is 0.237 e. The fourth-order valence-corrected chi connectivity index (χ4v) is 0.973. The zero-order valence-electron chi connectivity index (χ0n) is 7.03.